The second-order valence-corrected chi connectivity index (χ2v) is 11.6. The molecule has 1 unspecified atom stereocenters. The number of carbonyl (C=O) groups is 1. The quantitative estimate of drug-likeness (QED) is 0.181. The van der Waals surface area contributed by atoms with Crippen LogP contribution in [0, 0.1) is 0 Å². The van der Waals surface area contributed by atoms with Crippen molar-refractivity contribution in [2.75, 3.05) is 13.1 Å². The lowest BCUT2D eigenvalue weighted by Gasteiger charge is -2.34. The van der Waals surface area contributed by atoms with E-state index in [0.717, 1.165) is 48.8 Å². The van der Waals surface area contributed by atoms with Crippen LogP contribution in [0.3, 0.4) is 0 Å². The average molecular weight is 571 g/mol. The molecule has 3 atom stereocenters. The van der Waals surface area contributed by atoms with Gasteiger partial charge in [-0.1, -0.05) is 78.9 Å². The van der Waals surface area contributed by atoms with E-state index in [0.29, 0.717) is 23.2 Å². The zero-order valence-electron chi connectivity index (χ0n) is 23.9. The summed E-state index contributed by atoms with van der Waals surface area (Å²) in [6.45, 7) is 3.94. The Morgan fingerprint density at radius 2 is 1.33 bits per heavy atom. The van der Waals surface area contributed by atoms with E-state index < -0.39 is 6.10 Å². The van der Waals surface area contributed by atoms with Crippen molar-refractivity contribution in [1.29, 1.82) is 0 Å². The van der Waals surface area contributed by atoms with Crippen LogP contribution in [0.5, 0.6) is 11.5 Å². The minimum atomic E-state index is -1.15. The lowest BCUT2D eigenvalue weighted by molar-refractivity contribution is 0.0747. The van der Waals surface area contributed by atoms with Gasteiger partial charge in [0.2, 0.25) is 0 Å². The van der Waals surface area contributed by atoms with Crippen molar-refractivity contribution in [1.82, 2.24) is 9.80 Å². The molecule has 6 heteroatoms. The molecular formula is C37H34N2O4. The molecule has 0 saturated carbocycles. The second-order valence-electron chi connectivity index (χ2n) is 11.6. The van der Waals surface area contributed by atoms with Gasteiger partial charge in [-0.3, -0.25) is 14.6 Å². The molecule has 1 aromatic heterocycles. The van der Waals surface area contributed by atoms with Crippen LogP contribution in [-0.2, 0) is 13.1 Å². The summed E-state index contributed by atoms with van der Waals surface area (Å²) in [5, 5.41) is 10.6. The molecule has 5 aromatic rings. The van der Waals surface area contributed by atoms with Crippen LogP contribution in [-0.4, -0.2) is 45.9 Å². The van der Waals surface area contributed by atoms with Crippen LogP contribution in [0.2, 0.25) is 0 Å². The minimum Gasteiger partial charge on any atom is -0.472 e. The lowest BCUT2D eigenvalue weighted by atomic mass is 9.99. The van der Waals surface area contributed by atoms with Gasteiger partial charge in [0, 0.05) is 49.4 Å². The Bertz CT molecular complexity index is 1650. The topological polar surface area (TPSA) is 66.2 Å². The summed E-state index contributed by atoms with van der Waals surface area (Å²) in [5.74, 6) is 1.37. The maximum Gasteiger partial charge on any atom is 0.195 e. The Morgan fingerprint density at radius 3 is 1.88 bits per heavy atom. The lowest BCUT2D eigenvalue weighted by Crippen LogP contribution is -2.45. The number of benzene rings is 4. The molecule has 0 aliphatic carbocycles. The van der Waals surface area contributed by atoms with Crippen LogP contribution in [0.4, 0.5) is 0 Å². The Morgan fingerprint density at radius 1 is 0.744 bits per heavy atom. The normalized spacial score (nSPS) is 19.0. The van der Waals surface area contributed by atoms with E-state index in [1.807, 2.05) is 84.9 Å². The summed E-state index contributed by atoms with van der Waals surface area (Å²) in [6, 6.07) is 36.3. The van der Waals surface area contributed by atoms with Gasteiger partial charge in [-0.05, 0) is 59.0 Å². The smallest absolute Gasteiger partial charge is 0.195 e. The fraction of sp³-hybridized carbons (Fsp3) is 0.216. The number of nitrogens with zero attached hydrogens (tertiary/aromatic N) is 2. The average Bonchev–Trinajstić information content (AvgIpc) is 3.81. The van der Waals surface area contributed by atoms with Crippen LogP contribution in [0.1, 0.15) is 39.6 Å². The predicted molar refractivity (Wildman–Crippen MR) is 166 cm³/mol. The molecule has 0 radical (unpaired) electrons. The first-order chi connectivity index (χ1) is 21.1. The molecule has 2 bridgehead atoms. The molecule has 1 N–H and O–H groups in total. The van der Waals surface area contributed by atoms with Gasteiger partial charge in [0.05, 0.1) is 12.5 Å². The highest BCUT2D eigenvalue weighted by atomic mass is 16.5. The van der Waals surface area contributed by atoms with Crippen molar-refractivity contribution in [3.8, 4) is 22.6 Å². The number of hydrogen-bond donors (Lipinski definition) is 1. The number of ether oxygens (including phenoxy) is 1. The third-order valence-electron chi connectivity index (χ3n) is 8.71. The molecule has 216 valence electrons. The standard InChI is InChI=1S/C37H34N2O4/c40-36(29-4-2-1-3-5-29)37(41)30-10-6-26(7-11-30)21-38-23-33-20-32(38)24-39(33)22-27-8-14-34(15-9-27)43-35-16-12-28(13-17-35)31-18-19-42-25-31/h1-19,25,32-33,37,41H,20-24H2/t32-,33-,37?/m0/s1. The fourth-order valence-electron chi connectivity index (χ4n) is 6.35. The number of carbonyl (C=O) groups excluding carboxylic acids is 1. The van der Waals surface area contributed by atoms with Crippen LogP contribution in [0.15, 0.2) is 126 Å². The number of rotatable bonds is 10. The number of Topliss-reactive ketones (excluding diaryl/α,β-unsaturated/α-hetero) is 1. The van der Waals surface area contributed by atoms with Crippen molar-refractivity contribution in [2.24, 2.45) is 0 Å². The largest absolute Gasteiger partial charge is 0.472 e. The van der Waals surface area contributed by atoms with Crippen LogP contribution in [0.25, 0.3) is 11.1 Å². The van der Waals surface area contributed by atoms with E-state index in [1.165, 1.54) is 17.5 Å². The number of aliphatic hydroxyl groups excluding tert-OH is 1. The number of ketones is 1. The number of aliphatic hydroxyl groups is 1. The van der Waals surface area contributed by atoms with E-state index in [4.69, 9.17) is 9.15 Å². The Balaban J connectivity index is 0.896. The third kappa shape index (κ3) is 6.04. The molecule has 2 aliphatic rings. The first-order valence-corrected chi connectivity index (χ1v) is 14.8. The predicted octanol–water partition coefficient (Wildman–Crippen LogP) is 7.11. The monoisotopic (exact) mass is 570 g/mol. The number of piperazine rings is 1. The maximum atomic E-state index is 12.6. The van der Waals surface area contributed by atoms with E-state index >= 15 is 0 Å². The first-order valence-electron chi connectivity index (χ1n) is 14.8. The molecule has 0 spiro atoms. The Labute approximate surface area is 251 Å². The van der Waals surface area contributed by atoms with Crippen molar-refractivity contribution >= 4 is 5.78 Å². The van der Waals surface area contributed by atoms with E-state index in [2.05, 4.69) is 21.9 Å². The molecule has 43 heavy (non-hydrogen) atoms. The van der Waals surface area contributed by atoms with Crippen molar-refractivity contribution in [2.45, 2.75) is 37.7 Å². The van der Waals surface area contributed by atoms with Crippen LogP contribution >= 0.6 is 0 Å². The Kier molecular flexibility index (Phi) is 7.64. The SMILES string of the molecule is O=C(c1ccccc1)C(O)c1ccc(CN2C[C@@H]3C[C@H]2CN3Cc2ccc(Oc3ccc(-c4ccoc4)cc3)cc2)cc1. The third-order valence-corrected chi connectivity index (χ3v) is 8.71. The highest BCUT2D eigenvalue weighted by Gasteiger charge is 2.42. The van der Waals surface area contributed by atoms with Crippen molar-refractivity contribution in [3.63, 3.8) is 0 Å². The van der Waals surface area contributed by atoms with Gasteiger partial charge in [0.25, 0.3) is 0 Å². The van der Waals surface area contributed by atoms with Crippen molar-refractivity contribution in [3.05, 3.63) is 144 Å². The summed E-state index contributed by atoms with van der Waals surface area (Å²) in [4.78, 5) is 17.8. The summed E-state index contributed by atoms with van der Waals surface area (Å²) in [7, 11) is 0. The summed E-state index contributed by atoms with van der Waals surface area (Å²) in [5.41, 5.74) is 5.80. The van der Waals surface area contributed by atoms with Gasteiger partial charge in [0.1, 0.15) is 17.6 Å². The molecule has 2 aliphatic heterocycles. The fourth-order valence-corrected chi connectivity index (χ4v) is 6.35. The van der Waals surface area contributed by atoms with Crippen molar-refractivity contribution < 1.29 is 19.1 Å². The number of fused-ring (bicyclic) bond motifs is 2. The molecule has 3 heterocycles. The van der Waals surface area contributed by atoms with Gasteiger partial charge < -0.3 is 14.3 Å². The molecule has 4 aromatic carbocycles. The first kappa shape index (κ1) is 27.3. The zero-order chi connectivity index (χ0) is 29.2. The number of likely N-dealkylation sites (tertiary alicyclic amines) is 2. The molecular weight excluding hydrogens is 536 g/mol. The highest BCUT2D eigenvalue weighted by Crippen LogP contribution is 2.34. The van der Waals surface area contributed by atoms with E-state index in [1.54, 1.807) is 24.7 Å². The zero-order valence-corrected chi connectivity index (χ0v) is 23.9. The number of hydrogen-bond acceptors (Lipinski definition) is 6. The molecule has 2 fully saturated rings. The maximum absolute atomic E-state index is 12.6. The van der Waals surface area contributed by atoms with Gasteiger partial charge in [-0.25, -0.2) is 0 Å². The van der Waals surface area contributed by atoms with Crippen LogP contribution < -0.4 is 4.74 Å². The molecule has 6 nitrogen and oxygen atoms in total. The summed E-state index contributed by atoms with van der Waals surface area (Å²) in [6.07, 6.45) is 3.46. The van der Waals surface area contributed by atoms with Gasteiger partial charge in [0.15, 0.2) is 5.78 Å². The number of furan rings is 1. The minimum absolute atomic E-state index is 0.274. The molecule has 2 saturated heterocycles. The van der Waals surface area contributed by atoms with Gasteiger partial charge in [-0.2, -0.15) is 0 Å². The van der Waals surface area contributed by atoms with Gasteiger partial charge >= 0.3 is 0 Å². The molecule has 0 amide bonds. The van der Waals surface area contributed by atoms with E-state index in [9.17, 15) is 9.90 Å². The summed E-state index contributed by atoms with van der Waals surface area (Å²) < 4.78 is 11.2. The Hall–Kier alpha value is -4.49. The van der Waals surface area contributed by atoms with Gasteiger partial charge in [-0.15, -0.1) is 0 Å². The highest BCUT2D eigenvalue weighted by molar-refractivity contribution is 5.99. The second kappa shape index (κ2) is 12.0. The summed E-state index contributed by atoms with van der Waals surface area (Å²) >= 11 is 0. The van der Waals surface area contributed by atoms with E-state index in [-0.39, 0.29) is 5.78 Å². The molecule has 7 rings (SSSR count).